The lowest BCUT2D eigenvalue weighted by Crippen LogP contribution is -2.19. The van der Waals surface area contributed by atoms with Crippen LogP contribution >= 0.6 is 0 Å². The predicted octanol–water partition coefficient (Wildman–Crippen LogP) is 3.83. The number of aromatic nitrogens is 2. The zero-order chi connectivity index (χ0) is 14.8. The smallest absolute Gasteiger partial charge is 0.127 e. The van der Waals surface area contributed by atoms with Crippen molar-refractivity contribution in [3.8, 4) is 12.3 Å². The van der Waals surface area contributed by atoms with Gasteiger partial charge >= 0.3 is 0 Å². The quantitative estimate of drug-likeness (QED) is 0.657. The molecule has 110 valence electrons. The highest BCUT2D eigenvalue weighted by atomic mass is 15.1. The van der Waals surface area contributed by atoms with Crippen molar-refractivity contribution in [3.63, 3.8) is 0 Å². The fourth-order valence-corrected chi connectivity index (χ4v) is 3.16. The van der Waals surface area contributed by atoms with E-state index in [1.165, 1.54) is 38.5 Å². The van der Waals surface area contributed by atoms with Crippen LogP contribution in [0.4, 0.5) is 5.82 Å². The SMILES string of the molecule is C#CCn1c(C(C)(C)C)nc(C2CCCCCC2)c1N. The summed E-state index contributed by atoms with van der Waals surface area (Å²) < 4.78 is 2.03. The van der Waals surface area contributed by atoms with Crippen molar-refractivity contribution in [2.24, 2.45) is 0 Å². The zero-order valence-corrected chi connectivity index (χ0v) is 13.1. The van der Waals surface area contributed by atoms with E-state index in [1.807, 2.05) is 4.57 Å². The first kappa shape index (κ1) is 15.0. The van der Waals surface area contributed by atoms with Crippen LogP contribution in [-0.4, -0.2) is 9.55 Å². The zero-order valence-electron chi connectivity index (χ0n) is 13.1. The number of rotatable bonds is 2. The van der Waals surface area contributed by atoms with Crippen LogP contribution in [0.1, 0.15) is 76.7 Å². The predicted molar refractivity (Wildman–Crippen MR) is 84.6 cm³/mol. The van der Waals surface area contributed by atoms with Gasteiger partial charge in [0, 0.05) is 11.3 Å². The van der Waals surface area contributed by atoms with Crippen LogP contribution in [0.3, 0.4) is 0 Å². The fourth-order valence-electron chi connectivity index (χ4n) is 3.16. The molecule has 1 saturated carbocycles. The van der Waals surface area contributed by atoms with Gasteiger partial charge in [-0.3, -0.25) is 0 Å². The Morgan fingerprint density at radius 3 is 2.35 bits per heavy atom. The summed E-state index contributed by atoms with van der Waals surface area (Å²) in [5.41, 5.74) is 7.43. The molecule has 0 atom stereocenters. The van der Waals surface area contributed by atoms with E-state index in [-0.39, 0.29) is 5.41 Å². The molecule has 1 heterocycles. The summed E-state index contributed by atoms with van der Waals surface area (Å²) in [4.78, 5) is 4.91. The third kappa shape index (κ3) is 3.00. The Morgan fingerprint density at radius 1 is 1.25 bits per heavy atom. The summed E-state index contributed by atoms with van der Waals surface area (Å²) in [6.07, 6.45) is 13.2. The van der Waals surface area contributed by atoms with Crippen molar-refractivity contribution in [3.05, 3.63) is 11.5 Å². The fraction of sp³-hybridized carbons (Fsp3) is 0.706. The van der Waals surface area contributed by atoms with E-state index in [0.717, 1.165) is 17.3 Å². The van der Waals surface area contributed by atoms with E-state index in [9.17, 15) is 0 Å². The van der Waals surface area contributed by atoms with Gasteiger partial charge in [0.05, 0.1) is 12.2 Å². The minimum Gasteiger partial charge on any atom is -0.384 e. The second kappa shape index (κ2) is 5.91. The molecule has 0 bridgehead atoms. The molecular formula is C17H27N3. The Balaban J connectivity index is 2.41. The van der Waals surface area contributed by atoms with Crippen molar-refractivity contribution < 1.29 is 0 Å². The van der Waals surface area contributed by atoms with Gasteiger partial charge in [0.15, 0.2) is 0 Å². The van der Waals surface area contributed by atoms with Crippen LogP contribution in [-0.2, 0) is 12.0 Å². The summed E-state index contributed by atoms with van der Waals surface area (Å²) in [5, 5.41) is 0. The molecule has 0 unspecified atom stereocenters. The van der Waals surface area contributed by atoms with Crippen molar-refractivity contribution in [2.45, 2.75) is 77.2 Å². The highest BCUT2D eigenvalue weighted by Crippen LogP contribution is 2.36. The van der Waals surface area contributed by atoms with E-state index < -0.39 is 0 Å². The van der Waals surface area contributed by atoms with Crippen LogP contribution < -0.4 is 5.73 Å². The molecule has 0 aliphatic heterocycles. The molecule has 3 nitrogen and oxygen atoms in total. The number of hydrogen-bond acceptors (Lipinski definition) is 2. The number of nitrogens with two attached hydrogens (primary N) is 1. The third-order valence-corrected chi connectivity index (χ3v) is 4.20. The van der Waals surface area contributed by atoms with Crippen molar-refractivity contribution >= 4 is 5.82 Å². The summed E-state index contributed by atoms with van der Waals surface area (Å²) in [6, 6.07) is 0. The average Bonchev–Trinajstić information content (AvgIpc) is 2.57. The lowest BCUT2D eigenvalue weighted by Gasteiger charge is -2.19. The Morgan fingerprint density at radius 2 is 1.85 bits per heavy atom. The molecule has 0 aromatic carbocycles. The van der Waals surface area contributed by atoms with Crippen LogP contribution in [0.15, 0.2) is 0 Å². The summed E-state index contributed by atoms with van der Waals surface area (Å²) in [5.74, 6) is 5.03. The molecule has 0 radical (unpaired) electrons. The molecule has 3 heteroatoms. The van der Waals surface area contributed by atoms with Gasteiger partial charge < -0.3 is 10.3 Å². The molecule has 1 aromatic rings. The van der Waals surface area contributed by atoms with Crippen molar-refractivity contribution in [1.82, 2.24) is 9.55 Å². The Labute approximate surface area is 123 Å². The topological polar surface area (TPSA) is 43.8 Å². The molecule has 20 heavy (non-hydrogen) atoms. The first-order valence-electron chi connectivity index (χ1n) is 7.75. The van der Waals surface area contributed by atoms with Gasteiger partial charge in [-0.05, 0) is 12.8 Å². The largest absolute Gasteiger partial charge is 0.384 e. The monoisotopic (exact) mass is 273 g/mol. The van der Waals surface area contributed by atoms with E-state index in [4.69, 9.17) is 17.1 Å². The van der Waals surface area contributed by atoms with Gasteiger partial charge in [-0.1, -0.05) is 52.4 Å². The number of nitrogens with zero attached hydrogens (tertiary/aromatic N) is 2. The lowest BCUT2D eigenvalue weighted by atomic mass is 9.95. The molecule has 1 aliphatic rings. The lowest BCUT2D eigenvalue weighted by molar-refractivity contribution is 0.513. The number of imidazole rings is 1. The average molecular weight is 273 g/mol. The molecule has 0 amide bonds. The maximum Gasteiger partial charge on any atom is 0.127 e. The Hall–Kier alpha value is -1.43. The highest BCUT2D eigenvalue weighted by Gasteiger charge is 2.28. The minimum absolute atomic E-state index is 0.0338. The summed E-state index contributed by atoms with van der Waals surface area (Å²) >= 11 is 0. The van der Waals surface area contributed by atoms with E-state index >= 15 is 0 Å². The van der Waals surface area contributed by atoms with E-state index in [0.29, 0.717) is 12.5 Å². The molecule has 1 fully saturated rings. The van der Waals surface area contributed by atoms with Crippen LogP contribution in [0.25, 0.3) is 0 Å². The van der Waals surface area contributed by atoms with Gasteiger partial charge in [-0.2, -0.15) is 0 Å². The molecule has 2 N–H and O–H groups in total. The van der Waals surface area contributed by atoms with Crippen LogP contribution in [0, 0.1) is 12.3 Å². The van der Waals surface area contributed by atoms with Crippen molar-refractivity contribution in [1.29, 1.82) is 0 Å². The first-order chi connectivity index (χ1) is 9.45. The molecule has 2 rings (SSSR count). The number of hydrogen-bond donors (Lipinski definition) is 1. The molecule has 0 saturated heterocycles. The first-order valence-corrected chi connectivity index (χ1v) is 7.75. The Bertz CT molecular complexity index is 492. The van der Waals surface area contributed by atoms with Gasteiger partial charge in [0.25, 0.3) is 0 Å². The third-order valence-electron chi connectivity index (χ3n) is 4.20. The number of terminal acetylenes is 1. The maximum atomic E-state index is 6.37. The van der Waals surface area contributed by atoms with Crippen LogP contribution in [0.5, 0.6) is 0 Å². The Kier molecular flexibility index (Phi) is 4.42. The summed E-state index contributed by atoms with van der Waals surface area (Å²) in [7, 11) is 0. The van der Waals surface area contributed by atoms with Gasteiger partial charge in [0.1, 0.15) is 11.6 Å². The van der Waals surface area contributed by atoms with Crippen LogP contribution in [0.2, 0.25) is 0 Å². The van der Waals surface area contributed by atoms with E-state index in [2.05, 4.69) is 26.7 Å². The molecular weight excluding hydrogens is 246 g/mol. The van der Waals surface area contributed by atoms with Gasteiger partial charge in [-0.15, -0.1) is 6.42 Å². The summed E-state index contributed by atoms with van der Waals surface area (Å²) in [6.45, 7) is 7.01. The molecule has 0 spiro atoms. The maximum absolute atomic E-state index is 6.37. The van der Waals surface area contributed by atoms with Gasteiger partial charge in [0.2, 0.25) is 0 Å². The van der Waals surface area contributed by atoms with Gasteiger partial charge in [-0.25, -0.2) is 4.98 Å². The second-order valence-corrected chi connectivity index (χ2v) is 6.93. The molecule has 1 aromatic heterocycles. The van der Waals surface area contributed by atoms with Crippen molar-refractivity contribution in [2.75, 3.05) is 5.73 Å². The standard InChI is InChI=1S/C17H27N3/c1-5-12-20-15(18)14(19-16(20)17(2,3)4)13-10-8-6-7-9-11-13/h1,13H,6-12,18H2,2-4H3. The number of nitrogen functional groups attached to an aromatic ring is 1. The normalized spacial score (nSPS) is 17.7. The minimum atomic E-state index is -0.0338. The van der Waals surface area contributed by atoms with E-state index in [1.54, 1.807) is 0 Å². The number of anilines is 1. The second-order valence-electron chi connectivity index (χ2n) is 6.93. The highest BCUT2D eigenvalue weighted by molar-refractivity contribution is 5.42. The molecule has 1 aliphatic carbocycles.